The molecule has 1 rings (SSSR count). The van der Waals surface area contributed by atoms with Crippen LogP contribution in [0.25, 0.3) is 0 Å². The number of rotatable bonds is 2. The van der Waals surface area contributed by atoms with E-state index in [1.165, 1.54) is 0 Å². The first kappa shape index (κ1) is 12.7. The molecule has 0 saturated carbocycles. The Morgan fingerprint density at radius 3 is 2.50 bits per heavy atom. The first-order chi connectivity index (χ1) is 7.60. The maximum atomic E-state index is 8.51. The Labute approximate surface area is 110 Å². The number of halogens is 2. The first-order valence-electron chi connectivity index (χ1n) is 4.18. The number of hydrogen-bond donors (Lipinski definition) is 1. The molecule has 6 heteroatoms. The molecule has 0 aliphatic carbocycles. The lowest BCUT2D eigenvalue weighted by Gasteiger charge is -2.07. The molecule has 1 N–H and O–H groups in total. The van der Waals surface area contributed by atoms with Gasteiger partial charge in [-0.25, -0.2) is 0 Å². The van der Waals surface area contributed by atoms with Gasteiger partial charge in [-0.15, -0.1) is 0 Å². The van der Waals surface area contributed by atoms with E-state index in [9.17, 15) is 0 Å². The minimum atomic E-state index is -0.215. The van der Waals surface area contributed by atoms with Crippen molar-refractivity contribution >= 4 is 43.3 Å². The van der Waals surface area contributed by atoms with Crippen LogP contribution < -0.4 is 5.43 Å². The van der Waals surface area contributed by atoms with Crippen molar-refractivity contribution < 1.29 is 0 Å². The number of nitrogens with zero attached hydrogens (tertiary/aromatic N) is 3. The van der Waals surface area contributed by atoms with Gasteiger partial charge in [-0.2, -0.15) is 15.6 Å². The number of benzene rings is 1. The standard InChI is InChI=1S/C10H6Br2N4/c1-6-8(11)2-3-9(10(6)12)16-15-7(4-13)5-14/h2-3,16H,1H3. The zero-order chi connectivity index (χ0) is 12.1. The Balaban J connectivity index is 3.02. The van der Waals surface area contributed by atoms with Gasteiger partial charge in [0.2, 0.25) is 5.71 Å². The van der Waals surface area contributed by atoms with Crippen LogP contribution >= 0.6 is 31.9 Å². The minimum absolute atomic E-state index is 0.215. The summed E-state index contributed by atoms with van der Waals surface area (Å²) in [6, 6.07) is 6.98. The molecule has 0 spiro atoms. The summed E-state index contributed by atoms with van der Waals surface area (Å²) in [6.07, 6.45) is 0. The van der Waals surface area contributed by atoms with Crippen LogP contribution in [0, 0.1) is 29.6 Å². The van der Waals surface area contributed by atoms with Crippen molar-refractivity contribution in [1.82, 2.24) is 0 Å². The maximum Gasteiger partial charge on any atom is 0.237 e. The summed E-state index contributed by atoms with van der Waals surface area (Å²) in [5.74, 6) is 0. The summed E-state index contributed by atoms with van der Waals surface area (Å²) in [5, 5.41) is 20.7. The van der Waals surface area contributed by atoms with Gasteiger partial charge in [0.15, 0.2) is 0 Å². The highest BCUT2D eigenvalue weighted by Gasteiger charge is 2.05. The molecule has 0 atom stereocenters. The lowest BCUT2D eigenvalue weighted by atomic mass is 10.2. The molecule has 1 aromatic rings. The molecule has 4 nitrogen and oxygen atoms in total. The van der Waals surface area contributed by atoms with E-state index < -0.39 is 0 Å². The monoisotopic (exact) mass is 340 g/mol. The van der Waals surface area contributed by atoms with Crippen LogP contribution in [0.15, 0.2) is 26.2 Å². The molecule has 0 saturated heterocycles. The number of hydrogen-bond acceptors (Lipinski definition) is 4. The molecular formula is C10H6Br2N4. The van der Waals surface area contributed by atoms with Gasteiger partial charge in [0, 0.05) is 8.95 Å². The molecule has 0 radical (unpaired) electrons. The van der Waals surface area contributed by atoms with E-state index >= 15 is 0 Å². The molecule has 0 aliphatic rings. The second-order valence-electron chi connectivity index (χ2n) is 2.83. The van der Waals surface area contributed by atoms with Crippen LogP contribution in [-0.2, 0) is 0 Å². The summed E-state index contributed by atoms with van der Waals surface area (Å²) in [7, 11) is 0. The lowest BCUT2D eigenvalue weighted by molar-refractivity contribution is 1.29. The second kappa shape index (κ2) is 5.64. The average Bonchev–Trinajstić information content (AvgIpc) is 2.30. The quantitative estimate of drug-likeness (QED) is 0.662. The number of anilines is 1. The van der Waals surface area contributed by atoms with E-state index in [-0.39, 0.29) is 5.71 Å². The smallest absolute Gasteiger partial charge is 0.237 e. The summed E-state index contributed by atoms with van der Waals surface area (Å²) >= 11 is 6.79. The third kappa shape index (κ3) is 2.82. The predicted molar refractivity (Wildman–Crippen MR) is 68.9 cm³/mol. The highest BCUT2D eigenvalue weighted by molar-refractivity contribution is 9.11. The van der Waals surface area contributed by atoms with Crippen molar-refractivity contribution in [2.45, 2.75) is 6.92 Å². The Hall–Kier alpha value is -1.37. The van der Waals surface area contributed by atoms with Gasteiger partial charge >= 0.3 is 0 Å². The Bertz CT molecular complexity index is 507. The van der Waals surface area contributed by atoms with Crippen molar-refractivity contribution in [3.8, 4) is 12.1 Å². The molecule has 0 fully saturated rings. The van der Waals surface area contributed by atoms with Gasteiger partial charge < -0.3 is 0 Å². The van der Waals surface area contributed by atoms with Crippen LogP contribution in [0.2, 0.25) is 0 Å². The van der Waals surface area contributed by atoms with Crippen molar-refractivity contribution in [2.75, 3.05) is 5.43 Å². The van der Waals surface area contributed by atoms with E-state index in [0.717, 1.165) is 14.5 Å². The second-order valence-corrected chi connectivity index (χ2v) is 4.48. The van der Waals surface area contributed by atoms with E-state index in [1.807, 2.05) is 13.0 Å². The van der Waals surface area contributed by atoms with E-state index in [1.54, 1.807) is 18.2 Å². The van der Waals surface area contributed by atoms with E-state index in [4.69, 9.17) is 10.5 Å². The maximum absolute atomic E-state index is 8.51. The summed E-state index contributed by atoms with van der Waals surface area (Å²) < 4.78 is 1.80. The zero-order valence-electron chi connectivity index (χ0n) is 8.25. The predicted octanol–water partition coefficient (Wildman–Crippen LogP) is 3.34. The minimum Gasteiger partial charge on any atom is -0.275 e. The number of nitrogens with one attached hydrogen (secondary N) is 1. The van der Waals surface area contributed by atoms with Crippen molar-refractivity contribution in [3.05, 3.63) is 26.6 Å². The van der Waals surface area contributed by atoms with Crippen LogP contribution in [0.4, 0.5) is 5.69 Å². The van der Waals surface area contributed by atoms with Gasteiger partial charge in [-0.1, -0.05) is 15.9 Å². The fraction of sp³-hybridized carbons (Fsp3) is 0.100. The van der Waals surface area contributed by atoms with Crippen LogP contribution in [0.3, 0.4) is 0 Å². The third-order valence-electron chi connectivity index (χ3n) is 1.82. The molecule has 0 bridgehead atoms. The summed E-state index contributed by atoms with van der Waals surface area (Å²) in [4.78, 5) is 0. The topological polar surface area (TPSA) is 72.0 Å². The molecule has 16 heavy (non-hydrogen) atoms. The fourth-order valence-corrected chi connectivity index (χ4v) is 1.97. The fourth-order valence-electron chi connectivity index (χ4n) is 0.939. The van der Waals surface area contributed by atoms with Crippen molar-refractivity contribution in [2.24, 2.45) is 5.10 Å². The van der Waals surface area contributed by atoms with Crippen molar-refractivity contribution in [3.63, 3.8) is 0 Å². The van der Waals surface area contributed by atoms with Crippen LogP contribution in [-0.4, -0.2) is 5.71 Å². The summed E-state index contributed by atoms with van der Waals surface area (Å²) in [5.41, 5.74) is 4.15. The highest BCUT2D eigenvalue weighted by Crippen LogP contribution is 2.31. The Morgan fingerprint density at radius 2 is 1.94 bits per heavy atom. The first-order valence-corrected chi connectivity index (χ1v) is 5.77. The Morgan fingerprint density at radius 1 is 1.31 bits per heavy atom. The normalized spacial score (nSPS) is 8.81. The zero-order valence-corrected chi connectivity index (χ0v) is 11.4. The van der Waals surface area contributed by atoms with Crippen LogP contribution in [0.1, 0.15) is 5.56 Å². The highest BCUT2D eigenvalue weighted by atomic mass is 79.9. The van der Waals surface area contributed by atoms with E-state index in [0.29, 0.717) is 5.69 Å². The van der Waals surface area contributed by atoms with Crippen molar-refractivity contribution in [1.29, 1.82) is 10.5 Å². The van der Waals surface area contributed by atoms with Crippen LogP contribution in [0.5, 0.6) is 0 Å². The van der Waals surface area contributed by atoms with Gasteiger partial charge in [-0.3, -0.25) is 5.43 Å². The average molecular weight is 342 g/mol. The number of hydrazone groups is 1. The summed E-state index contributed by atoms with van der Waals surface area (Å²) in [6.45, 7) is 1.93. The molecule has 0 aliphatic heterocycles. The molecular weight excluding hydrogens is 336 g/mol. The molecule has 0 unspecified atom stereocenters. The molecule has 1 aromatic carbocycles. The molecule has 0 aromatic heterocycles. The molecule has 0 amide bonds. The molecule has 80 valence electrons. The largest absolute Gasteiger partial charge is 0.275 e. The van der Waals surface area contributed by atoms with Gasteiger partial charge in [0.05, 0.1) is 5.69 Å². The SMILES string of the molecule is Cc1c(Br)ccc(NN=C(C#N)C#N)c1Br. The Kier molecular flexibility index (Phi) is 4.48. The molecule has 0 heterocycles. The number of nitriles is 2. The van der Waals surface area contributed by atoms with Gasteiger partial charge in [0.25, 0.3) is 0 Å². The third-order valence-corrected chi connectivity index (χ3v) is 3.70. The van der Waals surface area contributed by atoms with Gasteiger partial charge in [-0.05, 0) is 40.5 Å². The van der Waals surface area contributed by atoms with Gasteiger partial charge in [0.1, 0.15) is 12.1 Å². The lowest BCUT2D eigenvalue weighted by Crippen LogP contribution is -1.97. The van der Waals surface area contributed by atoms with E-state index in [2.05, 4.69) is 42.4 Å².